The summed E-state index contributed by atoms with van der Waals surface area (Å²) in [5.74, 6) is 0.778. The second-order valence-corrected chi connectivity index (χ2v) is 5.60. The molecular formula is C14H22OS. The molecule has 0 bridgehead atoms. The minimum absolute atomic E-state index is 0.532. The summed E-state index contributed by atoms with van der Waals surface area (Å²) in [6, 6.07) is 10.3. The fourth-order valence-electron chi connectivity index (χ4n) is 1.58. The van der Waals surface area contributed by atoms with E-state index in [9.17, 15) is 5.11 Å². The Balaban J connectivity index is 2.30. The van der Waals surface area contributed by atoms with Gasteiger partial charge in [-0.05, 0) is 25.5 Å². The molecule has 1 nitrogen and oxygen atoms in total. The van der Waals surface area contributed by atoms with E-state index in [0.29, 0.717) is 0 Å². The van der Waals surface area contributed by atoms with Crippen molar-refractivity contribution >= 4 is 11.8 Å². The molecule has 0 aliphatic heterocycles. The predicted molar refractivity (Wildman–Crippen MR) is 71.9 cm³/mol. The quantitative estimate of drug-likeness (QED) is 0.570. The van der Waals surface area contributed by atoms with E-state index < -0.39 is 5.60 Å². The van der Waals surface area contributed by atoms with Gasteiger partial charge in [0.1, 0.15) is 0 Å². The number of hydrogen-bond donors (Lipinski definition) is 1. The first-order valence-corrected chi connectivity index (χ1v) is 7.03. The Labute approximate surface area is 103 Å². The maximum absolute atomic E-state index is 10.2. The Hall–Kier alpha value is -0.470. The van der Waals surface area contributed by atoms with Crippen molar-refractivity contribution in [3.63, 3.8) is 0 Å². The third-order valence-corrected chi connectivity index (χ3v) is 3.98. The zero-order valence-corrected chi connectivity index (χ0v) is 11.1. The van der Waals surface area contributed by atoms with Crippen molar-refractivity contribution in [2.75, 3.05) is 5.75 Å². The zero-order valence-electron chi connectivity index (χ0n) is 10.3. The van der Waals surface area contributed by atoms with Crippen LogP contribution in [0.1, 0.15) is 39.5 Å². The molecule has 0 saturated heterocycles. The van der Waals surface area contributed by atoms with E-state index >= 15 is 0 Å². The van der Waals surface area contributed by atoms with Crippen LogP contribution < -0.4 is 0 Å². The molecule has 90 valence electrons. The van der Waals surface area contributed by atoms with Crippen molar-refractivity contribution in [3.05, 3.63) is 30.3 Å². The predicted octanol–water partition coefficient (Wildman–Crippen LogP) is 4.11. The second-order valence-electron chi connectivity index (χ2n) is 4.56. The number of aliphatic hydroxyl groups is 1. The van der Waals surface area contributed by atoms with Crippen LogP contribution in [-0.4, -0.2) is 16.5 Å². The molecule has 1 atom stereocenters. The van der Waals surface area contributed by atoms with Gasteiger partial charge in [0, 0.05) is 10.6 Å². The molecule has 1 unspecified atom stereocenters. The van der Waals surface area contributed by atoms with E-state index in [1.807, 2.05) is 25.1 Å². The molecule has 0 radical (unpaired) electrons. The summed E-state index contributed by atoms with van der Waals surface area (Å²) in [5.41, 5.74) is -0.532. The normalized spacial score (nSPS) is 14.7. The van der Waals surface area contributed by atoms with Gasteiger partial charge in [-0.1, -0.05) is 44.4 Å². The molecule has 16 heavy (non-hydrogen) atoms. The van der Waals surface area contributed by atoms with E-state index in [2.05, 4.69) is 19.1 Å². The van der Waals surface area contributed by atoms with Gasteiger partial charge in [-0.3, -0.25) is 0 Å². The van der Waals surface area contributed by atoms with Crippen molar-refractivity contribution in [1.29, 1.82) is 0 Å². The highest BCUT2D eigenvalue weighted by atomic mass is 32.2. The smallest absolute Gasteiger partial charge is 0.0713 e. The van der Waals surface area contributed by atoms with E-state index in [0.717, 1.165) is 18.6 Å². The first-order chi connectivity index (χ1) is 7.64. The Kier molecular flexibility index (Phi) is 5.93. The lowest BCUT2D eigenvalue weighted by Gasteiger charge is -2.22. The number of thioether (sulfide) groups is 1. The van der Waals surface area contributed by atoms with Crippen LogP contribution in [0, 0.1) is 0 Å². The number of unbranched alkanes of at least 4 members (excludes halogenated alkanes) is 2. The minimum Gasteiger partial charge on any atom is -0.389 e. The van der Waals surface area contributed by atoms with Gasteiger partial charge in [-0.2, -0.15) is 0 Å². The van der Waals surface area contributed by atoms with Gasteiger partial charge in [0.15, 0.2) is 0 Å². The Morgan fingerprint density at radius 1 is 1.19 bits per heavy atom. The van der Waals surface area contributed by atoms with Gasteiger partial charge < -0.3 is 5.11 Å². The average Bonchev–Trinajstić information content (AvgIpc) is 2.28. The summed E-state index contributed by atoms with van der Waals surface area (Å²) >= 11 is 1.74. The van der Waals surface area contributed by atoms with E-state index in [1.54, 1.807) is 11.8 Å². The molecule has 0 fully saturated rings. The van der Waals surface area contributed by atoms with Crippen molar-refractivity contribution < 1.29 is 5.11 Å². The Morgan fingerprint density at radius 3 is 2.50 bits per heavy atom. The highest BCUT2D eigenvalue weighted by Gasteiger charge is 2.19. The molecule has 0 aliphatic rings. The largest absolute Gasteiger partial charge is 0.389 e. The van der Waals surface area contributed by atoms with Crippen LogP contribution in [0.25, 0.3) is 0 Å². The molecule has 1 rings (SSSR count). The summed E-state index contributed by atoms with van der Waals surface area (Å²) < 4.78 is 0. The fourth-order valence-corrected chi connectivity index (χ4v) is 2.56. The van der Waals surface area contributed by atoms with Gasteiger partial charge in [0.25, 0.3) is 0 Å². The SMILES string of the molecule is CCCCCC(C)(O)CSc1ccccc1. The minimum atomic E-state index is -0.532. The van der Waals surface area contributed by atoms with Gasteiger partial charge in [0.2, 0.25) is 0 Å². The topological polar surface area (TPSA) is 20.2 Å². The van der Waals surface area contributed by atoms with Crippen LogP contribution in [0.15, 0.2) is 35.2 Å². The third kappa shape index (κ3) is 5.57. The van der Waals surface area contributed by atoms with E-state index in [1.165, 1.54) is 17.7 Å². The number of benzene rings is 1. The second kappa shape index (κ2) is 6.97. The molecule has 0 aromatic heterocycles. The van der Waals surface area contributed by atoms with Crippen molar-refractivity contribution in [1.82, 2.24) is 0 Å². The average molecular weight is 238 g/mol. The van der Waals surface area contributed by atoms with Crippen LogP contribution in [0.3, 0.4) is 0 Å². The molecule has 0 heterocycles. The first kappa shape index (κ1) is 13.6. The third-order valence-electron chi connectivity index (χ3n) is 2.61. The molecule has 0 saturated carbocycles. The maximum atomic E-state index is 10.2. The lowest BCUT2D eigenvalue weighted by Crippen LogP contribution is -2.27. The summed E-state index contributed by atoms with van der Waals surface area (Å²) in [5, 5.41) is 10.2. The molecule has 2 heteroatoms. The highest BCUT2D eigenvalue weighted by molar-refractivity contribution is 7.99. The van der Waals surface area contributed by atoms with E-state index in [4.69, 9.17) is 0 Å². The van der Waals surface area contributed by atoms with Crippen molar-refractivity contribution in [2.24, 2.45) is 0 Å². The monoisotopic (exact) mass is 238 g/mol. The first-order valence-electron chi connectivity index (χ1n) is 6.04. The van der Waals surface area contributed by atoms with Gasteiger partial charge in [-0.15, -0.1) is 11.8 Å². The van der Waals surface area contributed by atoms with Gasteiger partial charge in [-0.25, -0.2) is 0 Å². The summed E-state index contributed by atoms with van der Waals surface area (Å²) in [7, 11) is 0. The summed E-state index contributed by atoms with van der Waals surface area (Å²) in [6.45, 7) is 4.13. The van der Waals surface area contributed by atoms with Gasteiger partial charge in [0.05, 0.1) is 5.60 Å². The van der Waals surface area contributed by atoms with Crippen LogP contribution in [-0.2, 0) is 0 Å². The fraction of sp³-hybridized carbons (Fsp3) is 0.571. The molecule has 0 spiro atoms. The summed E-state index contributed by atoms with van der Waals surface area (Å²) in [6.07, 6.45) is 4.45. The van der Waals surface area contributed by atoms with Crippen molar-refractivity contribution in [2.45, 2.75) is 50.0 Å². The van der Waals surface area contributed by atoms with Crippen molar-refractivity contribution in [3.8, 4) is 0 Å². The van der Waals surface area contributed by atoms with Gasteiger partial charge >= 0.3 is 0 Å². The lowest BCUT2D eigenvalue weighted by molar-refractivity contribution is 0.0732. The van der Waals surface area contributed by atoms with Crippen LogP contribution >= 0.6 is 11.8 Å². The Morgan fingerprint density at radius 2 is 1.88 bits per heavy atom. The maximum Gasteiger partial charge on any atom is 0.0713 e. The molecule has 1 aromatic rings. The standard InChI is InChI=1S/C14H22OS/c1-3-4-8-11-14(2,15)12-16-13-9-6-5-7-10-13/h5-7,9-10,15H,3-4,8,11-12H2,1-2H3. The molecule has 1 N–H and O–H groups in total. The van der Waals surface area contributed by atoms with E-state index in [-0.39, 0.29) is 0 Å². The lowest BCUT2D eigenvalue weighted by atomic mass is 10.0. The van der Waals surface area contributed by atoms with Crippen LogP contribution in [0.4, 0.5) is 0 Å². The molecule has 0 aliphatic carbocycles. The van der Waals surface area contributed by atoms with Crippen LogP contribution in [0.2, 0.25) is 0 Å². The summed E-state index contributed by atoms with van der Waals surface area (Å²) in [4.78, 5) is 1.23. The Bertz CT molecular complexity index is 282. The molecular weight excluding hydrogens is 216 g/mol. The molecule has 1 aromatic carbocycles. The number of rotatable bonds is 7. The molecule has 0 amide bonds. The van der Waals surface area contributed by atoms with Crippen LogP contribution in [0.5, 0.6) is 0 Å². The zero-order chi connectivity index (χ0) is 11.9. The highest BCUT2D eigenvalue weighted by Crippen LogP contribution is 2.25. The number of hydrogen-bond acceptors (Lipinski definition) is 2.